The van der Waals surface area contributed by atoms with Crippen molar-refractivity contribution in [2.24, 2.45) is 5.92 Å². The minimum absolute atomic E-state index is 0.109. The van der Waals surface area contributed by atoms with Crippen molar-refractivity contribution in [2.75, 3.05) is 13.2 Å². The Morgan fingerprint density at radius 3 is 2.37 bits per heavy atom. The number of alkyl carbamates (subject to hydrolysis) is 1. The van der Waals surface area contributed by atoms with E-state index in [4.69, 9.17) is 14.2 Å². The zero-order chi connectivity index (χ0) is 21.5. The number of hydrogen-bond acceptors (Lipinski definition) is 5. The molecule has 0 spiro atoms. The van der Waals surface area contributed by atoms with E-state index in [1.165, 1.54) is 0 Å². The van der Waals surface area contributed by atoms with Gasteiger partial charge in [0.25, 0.3) is 0 Å². The van der Waals surface area contributed by atoms with Crippen LogP contribution in [-0.4, -0.2) is 31.3 Å². The lowest BCUT2D eigenvalue weighted by Crippen LogP contribution is -2.50. The molecule has 0 bridgehead atoms. The molecule has 2 amide bonds. The van der Waals surface area contributed by atoms with Crippen molar-refractivity contribution < 1.29 is 23.8 Å². The van der Waals surface area contributed by atoms with Gasteiger partial charge in [0.2, 0.25) is 5.91 Å². The molecule has 2 aromatic carbocycles. The smallest absolute Gasteiger partial charge is 0.408 e. The lowest BCUT2D eigenvalue weighted by molar-refractivity contribution is -0.124. The minimum Gasteiger partial charge on any atom is -0.486 e. The third-order valence-corrected chi connectivity index (χ3v) is 4.86. The summed E-state index contributed by atoms with van der Waals surface area (Å²) in [5.41, 5.74) is 1.77. The lowest BCUT2D eigenvalue weighted by Gasteiger charge is -2.25. The highest BCUT2D eigenvalue weighted by Crippen LogP contribution is 2.32. The zero-order valence-corrected chi connectivity index (χ0v) is 17.5. The summed E-state index contributed by atoms with van der Waals surface area (Å²) in [6, 6.07) is 14.0. The molecule has 0 saturated carbocycles. The molecular weight excluding hydrogens is 384 g/mol. The molecule has 30 heavy (non-hydrogen) atoms. The maximum absolute atomic E-state index is 12.8. The van der Waals surface area contributed by atoms with Crippen LogP contribution in [0.4, 0.5) is 4.79 Å². The number of carbonyl (C=O) groups excluding carboxylic acids is 2. The van der Waals surface area contributed by atoms with Crippen LogP contribution in [0.25, 0.3) is 0 Å². The fourth-order valence-electron chi connectivity index (χ4n) is 3.14. The van der Waals surface area contributed by atoms with E-state index in [1.54, 1.807) is 0 Å². The molecule has 1 aliphatic rings. The number of carbonyl (C=O) groups is 2. The largest absolute Gasteiger partial charge is 0.486 e. The quantitative estimate of drug-likeness (QED) is 0.726. The number of hydrogen-bond donors (Lipinski definition) is 2. The normalized spacial score (nSPS) is 14.5. The molecule has 1 unspecified atom stereocenters. The molecule has 3 rings (SSSR count). The molecule has 2 aromatic rings. The Kier molecular flexibility index (Phi) is 7.17. The van der Waals surface area contributed by atoms with Crippen molar-refractivity contribution in [2.45, 2.75) is 39.5 Å². The number of ether oxygens (including phenoxy) is 3. The third kappa shape index (κ3) is 5.65. The van der Waals surface area contributed by atoms with Crippen LogP contribution in [0.5, 0.6) is 11.5 Å². The van der Waals surface area contributed by atoms with E-state index >= 15 is 0 Å². The van der Waals surface area contributed by atoms with E-state index in [0.29, 0.717) is 24.7 Å². The summed E-state index contributed by atoms with van der Waals surface area (Å²) in [4.78, 5) is 25.0. The average Bonchev–Trinajstić information content (AvgIpc) is 2.76. The molecule has 1 aliphatic heterocycles. The van der Waals surface area contributed by atoms with Gasteiger partial charge in [0.05, 0.1) is 6.04 Å². The van der Waals surface area contributed by atoms with Crippen LogP contribution in [0.1, 0.15) is 37.9 Å². The first-order chi connectivity index (χ1) is 14.4. The first kappa shape index (κ1) is 21.5. The Labute approximate surface area is 176 Å². The van der Waals surface area contributed by atoms with Gasteiger partial charge in [-0.15, -0.1) is 0 Å². The SMILES string of the molecule is CC(NC(=O)[C@@H](NC(=O)OCc1ccccc1)C(C)C)c1ccc2c(c1)OCCO2. The highest BCUT2D eigenvalue weighted by atomic mass is 16.6. The second kappa shape index (κ2) is 10.0. The lowest BCUT2D eigenvalue weighted by atomic mass is 10.0. The van der Waals surface area contributed by atoms with Gasteiger partial charge in [0.15, 0.2) is 11.5 Å². The predicted octanol–water partition coefficient (Wildman–Crippen LogP) is 3.59. The van der Waals surface area contributed by atoms with Gasteiger partial charge in [0.1, 0.15) is 25.9 Å². The number of fused-ring (bicyclic) bond motifs is 1. The topological polar surface area (TPSA) is 85.9 Å². The highest BCUT2D eigenvalue weighted by Gasteiger charge is 2.26. The number of nitrogens with one attached hydrogen (secondary N) is 2. The zero-order valence-electron chi connectivity index (χ0n) is 17.5. The molecule has 0 radical (unpaired) electrons. The van der Waals surface area contributed by atoms with Crippen LogP contribution in [-0.2, 0) is 16.1 Å². The van der Waals surface area contributed by atoms with E-state index < -0.39 is 12.1 Å². The fraction of sp³-hybridized carbons (Fsp3) is 0.391. The number of benzene rings is 2. The molecule has 0 saturated heterocycles. The van der Waals surface area contributed by atoms with Gasteiger partial charge in [0, 0.05) is 0 Å². The van der Waals surface area contributed by atoms with Gasteiger partial charge in [-0.25, -0.2) is 4.79 Å². The second-order valence-electron chi connectivity index (χ2n) is 7.56. The van der Waals surface area contributed by atoms with Crippen LogP contribution in [0, 0.1) is 5.92 Å². The Morgan fingerprint density at radius 1 is 0.967 bits per heavy atom. The average molecular weight is 412 g/mol. The highest BCUT2D eigenvalue weighted by molar-refractivity contribution is 5.86. The van der Waals surface area contributed by atoms with Crippen molar-refractivity contribution >= 4 is 12.0 Å². The summed E-state index contributed by atoms with van der Waals surface area (Å²) in [6.07, 6.45) is -0.625. The summed E-state index contributed by atoms with van der Waals surface area (Å²) >= 11 is 0. The van der Waals surface area contributed by atoms with E-state index in [9.17, 15) is 9.59 Å². The van der Waals surface area contributed by atoms with Crippen molar-refractivity contribution in [3.63, 3.8) is 0 Å². The second-order valence-corrected chi connectivity index (χ2v) is 7.56. The summed E-state index contributed by atoms with van der Waals surface area (Å²) in [6.45, 7) is 6.80. The van der Waals surface area contributed by atoms with Gasteiger partial charge in [-0.05, 0) is 36.1 Å². The van der Waals surface area contributed by atoms with Crippen LogP contribution in [0.15, 0.2) is 48.5 Å². The number of rotatable bonds is 7. The van der Waals surface area contributed by atoms with Crippen molar-refractivity contribution in [3.8, 4) is 11.5 Å². The monoisotopic (exact) mass is 412 g/mol. The third-order valence-electron chi connectivity index (χ3n) is 4.86. The van der Waals surface area contributed by atoms with Crippen LogP contribution >= 0.6 is 0 Å². The first-order valence-corrected chi connectivity index (χ1v) is 10.1. The van der Waals surface area contributed by atoms with Gasteiger partial charge in [-0.3, -0.25) is 4.79 Å². The number of amides is 2. The summed E-state index contributed by atoms with van der Waals surface area (Å²) < 4.78 is 16.4. The fourth-order valence-corrected chi connectivity index (χ4v) is 3.14. The molecule has 0 aromatic heterocycles. The Bertz CT molecular complexity index is 869. The standard InChI is InChI=1S/C23H28N2O5/c1-15(2)21(25-23(27)30-14-17-7-5-4-6-8-17)22(26)24-16(3)18-9-10-19-20(13-18)29-12-11-28-19/h4-10,13,15-16,21H,11-12,14H2,1-3H3,(H,24,26)(H,25,27)/t16?,21-/m0/s1. The molecular formula is C23H28N2O5. The minimum atomic E-state index is -0.715. The van der Waals surface area contributed by atoms with Gasteiger partial charge >= 0.3 is 6.09 Å². The van der Waals surface area contributed by atoms with Crippen LogP contribution in [0.3, 0.4) is 0 Å². The molecule has 0 fully saturated rings. The molecule has 0 aliphatic carbocycles. The Hall–Kier alpha value is -3.22. The maximum Gasteiger partial charge on any atom is 0.408 e. The van der Waals surface area contributed by atoms with Crippen LogP contribution < -0.4 is 20.1 Å². The molecule has 7 nitrogen and oxygen atoms in total. The summed E-state index contributed by atoms with van der Waals surface area (Å²) in [7, 11) is 0. The van der Waals surface area contributed by atoms with Crippen LogP contribution in [0.2, 0.25) is 0 Å². The van der Waals surface area contributed by atoms with Crippen molar-refractivity contribution in [1.82, 2.24) is 10.6 Å². The van der Waals surface area contributed by atoms with Gasteiger partial charge in [-0.2, -0.15) is 0 Å². The summed E-state index contributed by atoms with van der Waals surface area (Å²) in [5, 5.41) is 5.63. The van der Waals surface area contributed by atoms with Gasteiger partial charge in [-0.1, -0.05) is 50.2 Å². The molecule has 2 N–H and O–H groups in total. The first-order valence-electron chi connectivity index (χ1n) is 10.1. The Balaban J connectivity index is 1.57. The predicted molar refractivity (Wildman–Crippen MR) is 112 cm³/mol. The Morgan fingerprint density at radius 2 is 1.67 bits per heavy atom. The maximum atomic E-state index is 12.8. The van der Waals surface area contributed by atoms with E-state index in [1.807, 2.05) is 69.3 Å². The van der Waals surface area contributed by atoms with E-state index in [-0.39, 0.29) is 24.5 Å². The summed E-state index contributed by atoms with van der Waals surface area (Å²) in [5.74, 6) is 0.986. The molecule has 1 heterocycles. The van der Waals surface area contributed by atoms with Crippen molar-refractivity contribution in [3.05, 3.63) is 59.7 Å². The van der Waals surface area contributed by atoms with Crippen molar-refractivity contribution in [1.29, 1.82) is 0 Å². The molecule has 160 valence electrons. The molecule has 7 heteroatoms. The van der Waals surface area contributed by atoms with E-state index in [0.717, 1.165) is 11.1 Å². The van der Waals surface area contributed by atoms with E-state index in [2.05, 4.69) is 10.6 Å². The van der Waals surface area contributed by atoms with Gasteiger partial charge < -0.3 is 24.8 Å². The molecule has 2 atom stereocenters.